The lowest BCUT2D eigenvalue weighted by atomic mass is 10.1. The van der Waals surface area contributed by atoms with Crippen LogP contribution >= 0.6 is 0 Å². The SMILES string of the molecule is Cc1cccc(C(=O)OC(C)CC(C)C)c1F. The standard InChI is InChI=1S/C14H19FO2/c1-9(2)8-11(4)17-14(16)12-7-5-6-10(3)13(12)15/h5-7,9,11H,8H2,1-4H3. The molecule has 0 radical (unpaired) electrons. The van der Waals surface area contributed by atoms with Crippen molar-refractivity contribution in [2.45, 2.75) is 40.2 Å². The zero-order valence-corrected chi connectivity index (χ0v) is 10.8. The monoisotopic (exact) mass is 238 g/mol. The molecule has 94 valence electrons. The van der Waals surface area contributed by atoms with E-state index in [0.717, 1.165) is 6.42 Å². The molecular formula is C14H19FO2. The molecule has 1 rings (SSSR count). The zero-order valence-electron chi connectivity index (χ0n) is 10.8. The van der Waals surface area contributed by atoms with Gasteiger partial charge in [-0.1, -0.05) is 26.0 Å². The van der Waals surface area contributed by atoms with Crippen LogP contribution in [0, 0.1) is 18.7 Å². The van der Waals surface area contributed by atoms with Crippen LogP contribution in [-0.2, 0) is 4.74 Å². The molecule has 0 aromatic heterocycles. The van der Waals surface area contributed by atoms with Crippen molar-refractivity contribution in [3.05, 3.63) is 35.1 Å². The molecule has 0 aliphatic rings. The van der Waals surface area contributed by atoms with Gasteiger partial charge in [0.05, 0.1) is 11.7 Å². The third-order valence-corrected chi connectivity index (χ3v) is 2.52. The second-order valence-electron chi connectivity index (χ2n) is 4.78. The summed E-state index contributed by atoms with van der Waals surface area (Å²) in [7, 11) is 0. The molecule has 1 atom stereocenters. The fraction of sp³-hybridized carbons (Fsp3) is 0.500. The lowest BCUT2D eigenvalue weighted by molar-refractivity contribution is 0.0294. The molecule has 0 spiro atoms. The molecular weight excluding hydrogens is 219 g/mol. The summed E-state index contributed by atoms with van der Waals surface area (Å²) < 4.78 is 18.9. The Morgan fingerprint density at radius 1 is 1.35 bits per heavy atom. The molecule has 3 heteroatoms. The van der Waals surface area contributed by atoms with Gasteiger partial charge in [0.25, 0.3) is 0 Å². The second-order valence-corrected chi connectivity index (χ2v) is 4.78. The van der Waals surface area contributed by atoms with E-state index < -0.39 is 11.8 Å². The summed E-state index contributed by atoms with van der Waals surface area (Å²) in [6.07, 6.45) is 0.585. The summed E-state index contributed by atoms with van der Waals surface area (Å²) in [5, 5.41) is 0. The molecule has 1 aromatic carbocycles. The van der Waals surface area contributed by atoms with Gasteiger partial charge in [-0.15, -0.1) is 0 Å². The summed E-state index contributed by atoms with van der Waals surface area (Å²) >= 11 is 0. The molecule has 0 fully saturated rings. The number of ether oxygens (including phenoxy) is 1. The maximum absolute atomic E-state index is 13.7. The van der Waals surface area contributed by atoms with Crippen LogP contribution in [-0.4, -0.2) is 12.1 Å². The highest BCUT2D eigenvalue weighted by atomic mass is 19.1. The number of benzene rings is 1. The molecule has 0 bridgehead atoms. The van der Waals surface area contributed by atoms with Gasteiger partial charge in [0.1, 0.15) is 5.82 Å². The van der Waals surface area contributed by atoms with E-state index in [0.29, 0.717) is 11.5 Å². The minimum Gasteiger partial charge on any atom is -0.459 e. The van der Waals surface area contributed by atoms with E-state index in [2.05, 4.69) is 13.8 Å². The Balaban J connectivity index is 2.73. The number of carbonyl (C=O) groups excluding carboxylic acids is 1. The quantitative estimate of drug-likeness (QED) is 0.747. The highest BCUT2D eigenvalue weighted by molar-refractivity contribution is 5.90. The minimum absolute atomic E-state index is 0.0145. The fourth-order valence-corrected chi connectivity index (χ4v) is 1.76. The minimum atomic E-state index is -0.584. The highest BCUT2D eigenvalue weighted by Gasteiger charge is 2.17. The van der Waals surface area contributed by atoms with Gasteiger partial charge < -0.3 is 4.74 Å². The van der Waals surface area contributed by atoms with Gasteiger partial charge in [0.2, 0.25) is 0 Å². The number of carbonyl (C=O) groups is 1. The van der Waals surface area contributed by atoms with Crippen molar-refractivity contribution in [2.75, 3.05) is 0 Å². The van der Waals surface area contributed by atoms with Crippen LogP contribution in [0.25, 0.3) is 0 Å². The lowest BCUT2D eigenvalue weighted by Crippen LogP contribution is -2.18. The average molecular weight is 238 g/mol. The highest BCUT2D eigenvalue weighted by Crippen LogP contribution is 2.15. The van der Waals surface area contributed by atoms with Crippen LogP contribution in [0.3, 0.4) is 0 Å². The van der Waals surface area contributed by atoms with Gasteiger partial charge >= 0.3 is 5.97 Å². The number of halogens is 1. The number of aryl methyl sites for hydroxylation is 1. The number of rotatable bonds is 4. The summed E-state index contributed by atoms with van der Waals surface area (Å²) in [4.78, 5) is 11.7. The maximum Gasteiger partial charge on any atom is 0.341 e. The molecule has 0 amide bonds. The van der Waals surface area contributed by atoms with Gasteiger partial charge in [-0.05, 0) is 37.8 Å². The molecule has 0 heterocycles. The Hall–Kier alpha value is -1.38. The molecule has 0 aliphatic carbocycles. The molecule has 2 nitrogen and oxygen atoms in total. The molecule has 0 aliphatic heterocycles. The molecule has 0 saturated heterocycles. The van der Waals surface area contributed by atoms with Crippen LogP contribution in [0.15, 0.2) is 18.2 Å². The van der Waals surface area contributed by atoms with E-state index >= 15 is 0 Å². The third-order valence-electron chi connectivity index (χ3n) is 2.52. The Bertz CT molecular complexity index is 399. The van der Waals surface area contributed by atoms with Crippen molar-refractivity contribution in [1.29, 1.82) is 0 Å². The summed E-state index contributed by atoms with van der Waals surface area (Å²) in [5.41, 5.74) is 0.469. The van der Waals surface area contributed by atoms with Gasteiger partial charge in [-0.3, -0.25) is 0 Å². The Morgan fingerprint density at radius 2 is 2.00 bits per heavy atom. The van der Waals surface area contributed by atoms with E-state index in [-0.39, 0.29) is 11.7 Å². The zero-order chi connectivity index (χ0) is 13.0. The molecule has 1 aromatic rings. The molecule has 1 unspecified atom stereocenters. The Labute approximate surface area is 102 Å². The third kappa shape index (κ3) is 3.84. The predicted octanol–water partition coefficient (Wildman–Crippen LogP) is 3.73. The first kappa shape index (κ1) is 13.7. The largest absolute Gasteiger partial charge is 0.459 e. The summed E-state index contributed by atoms with van der Waals surface area (Å²) in [6.45, 7) is 7.56. The van der Waals surface area contributed by atoms with Crippen molar-refractivity contribution in [2.24, 2.45) is 5.92 Å². The smallest absolute Gasteiger partial charge is 0.341 e. The molecule has 0 saturated carbocycles. The average Bonchev–Trinajstić information content (AvgIpc) is 2.20. The van der Waals surface area contributed by atoms with Gasteiger partial charge in [-0.2, -0.15) is 0 Å². The van der Waals surface area contributed by atoms with Crippen molar-refractivity contribution in [3.63, 3.8) is 0 Å². The molecule has 17 heavy (non-hydrogen) atoms. The van der Waals surface area contributed by atoms with E-state index in [4.69, 9.17) is 4.74 Å². The maximum atomic E-state index is 13.7. The fourth-order valence-electron chi connectivity index (χ4n) is 1.76. The summed E-state index contributed by atoms with van der Waals surface area (Å²) in [5.74, 6) is -0.631. The van der Waals surface area contributed by atoms with E-state index in [1.54, 1.807) is 19.1 Å². The second kappa shape index (κ2) is 5.80. The van der Waals surface area contributed by atoms with Crippen LogP contribution in [0.5, 0.6) is 0 Å². The number of hydrogen-bond donors (Lipinski definition) is 0. The topological polar surface area (TPSA) is 26.3 Å². The molecule has 0 N–H and O–H groups in total. The first-order valence-electron chi connectivity index (χ1n) is 5.88. The lowest BCUT2D eigenvalue weighted by Gasteiger charge is -2.15. The van der Waals surface area contributed by atoms with Crippen LogP contribution < -0.4 is 0 Å². The first-order valence-corrected chi connectivity index (χ1v) is 5.88. The number of hydrogen-bond acceptors (Lipinski definition) is 2. The number of esters is 1. The van der Waals surface area contributed by atoms with Gasteiger partial charge in [0.15, 0.2) is 0 Å². The van der Waals surface area contributed by atoms with E-state index in [9.17, 15) is 9.18 Å². The normalized spacial score (nSPS) is 12.6. The van der Waals surface area contributed by atoms with Crippen molar-refractivity contribution < 1.29 is 13.9 Å². The van der Waals surface area contributed by atoms with Crippen LogP contribution in [0.4, 0.5) is 4.39 Å². The Morgan fingerprint density at radius 3 is 2.59 bits per heavy atom. The van der Waals surface area contributed by atoms with E-state index in [1.807, 2.05) is 6.92 Å². The van der Waals surface area contributed by atoms with Gasteiger partial charge in [0, 0.05) is 0 Å². The van der Waals surface area contributed by atoms with Gasteiger partial charge in [-0.25, -0.2) is 9.18 Å². The van der Waals surface area contributed by atoms with Crippen LogP contribution in [0.1, 0.15) is 43.1 Å². The Kier molecular flexibility index (Phi) is 4.67. The first-order chi connectivity index (χ1) is 7.91. The van der Waals surface area contributed by atoms with Crippen LogP contribution in [0.2, 0.25) is 0 Å². The van der Waals surface area contributed by atoms with Crippen molar-refractivity contribution >= 4 is 5.97 Å². The van der Waals surface area contributed by atoms with E-state index in [1.165, 1.54) is 6.07 Å². The van der Waals surface area contributed by atoms with Crippen molar-refractivity contribution in [1.82, 2.24) is 0 Å². The predicted molar refractivity (Wildman–Crippen MR) is 65.5 cm³/mol. The summed E-state index contributed by atoms with van der Waals surface area (Å²) in [6, 6.07) is 4.73. The van der Waals surface area contributed by atoms with Crippen molar-refractivity contribution in [3.8, 4) is 0 Å².